The van der Waals surface area contributed by atoms with Crippen molar-refractivity contribution in [2.45, 2.75) is 26.7 Å². The van der Waals surface area contributed by atoms with Gasteiger partial charge in [-0.1, -0.05) is 6.58 Å². The summed E-state index contributed by atoms with van der Waals surface area (Å²) in [6.45, 7) is 6.91. The van der Waals surface area contributed by atoms with Crippen molar-refractivity contribution < 1.29 is 18.3 Å². The third kappa shape index (κ3) is 2.26. The highest BCUT2D eigenvalue weighted by Crippen LogP contribution is 2.38. The lowest BCUT2D eigenvalue weighted by Crippen LogP contribution is -2.42. The molecule has 2 nitrogen and oxygen atoms in total. The summed E-state index contributed by atoms with van der Waals surface area (Å²) >= 11 is 0. The second kappa shape index (κ2) is 3.85. The van der Waals surface area contributed by atoms with E-state index in [1.54, 1.807) is 6.92 Å². The molecule has 0 saturated carbocycles. The molecule has 0 fully saturated rings. The number of allylic oxidation sites excluding steroid dienone is 1. The lowest BCUT2D eigenvalue weighted by molar-refractivity contribution is -0.170. The number of halogens is 2. The van der Waals surface area contributed by atoms with Gasteiger partial charge in [0, 0.05) is 0 Å². The van der Waals surface area contributed by atoms with Gasteiger partial charge in [0.1, 0.15) is 5.41 Å². The molecule has 4 heteroatoms. The van der Waals surface area contributed by atoms with Crippen LogP contribution in [0.1, 0.15) is 20.8 Å². The molecule has 0 heterocycles. The molecule has 0 aromatic rings. The Kier molecular flexibility index (Phi) is 3.58. The molecule has 0 aliphatic rings. The van der Waals surface area contributed by atoms with E-state index >= 15 is 0 Å². The van der Waals surface area contributed by atoms with E-state index in [0.29, 0.717) is 6.08 Å². The van der Waals surface area contributed by atoms with Crippen LogP contribution in [-0.2, 0) is 9.53 Å². The molecule has 0 N–H and O–H groups in total. The van der Waals surface area contributed by atoms with Crippen LogP contribution in [-0.4, -0.2) is 18.5 Å². The molecule has 13 heavy (non-hydrogen) atoms. The molecule has 0 aliphatic heterocycles. The molecule has 0 unspecified atom stereocenters. The third-order valence-corrected chi connectivity index (χ3v) is 1.88. The second-order valence-corrected chi connectivity index (χ2v) is 3.17. The molecule has 0 rings (SSSR count). The van der Waals surface area contributed by atoms with Crippen LogP contribution in [0.15, 0.2) is 12.7 Å². The van der Waals surface area contributed by atoms with Crippen molar-refractivity contribution in [3.63, 3.8) is 0 Å². The molecular formula is C9H14F2O2. The molecule has 0 saturated heterocycles. The van der Waals surface area contributed by atoms with Gasteiger partial charge in [-0.3, -0.25) is 4.79 Å². The van der Waals surface area contributed by atoms with E-state index < -0.39 is 17.3 Å². The van der Waals surface area contributed by atoms with Crippen LogP contribution < -0.4 is 0 Å². The summed E-state index contributed by atoms with van der Waals surface area (Å²) < 4.78 is 30.7. The molecule has 0 radical (unpaired) electrons. The van der Waals surface area contributed by atoms with Gasteiger partial charge in [0.15, 0.2) is 0 Å². The highest BCUT2D eigenvalue weighted by molar-refractivity contribution is 5.77. The van der Waals surface area contributed by atoms with Crippen molar-refractivity contribution in [1.82, 2.24) is 0 Å². The van der Waals surface area contributed by atoms with Gasteiger partial charge >= 0.3 is 5.97 Å². The normalized spacial score (nSPS) is 12.4. The number of alkyl halides is 2. The Labute approximate surface area is 76.6 Å². The van der Waals surface area contributed by atoms with Crippen LogP contribution >= 0.6 is 0 Å². The van der Waals surface area contributed by atoms with Gasteiger partial charge in [-0.2, -0.15) is 0 Å². The van der Waals surface area contributed by atoms with E-state index in [-0.39, 0.29) is 6.61 Å². The summed E-state index contributed by atoms with van der Waals surface area (Å²) in [4.78, 5) is 11.1. The summed E-state index contributed by atoms with van der Waals surface area (Å²) in [6.07, 6.45) is 0.462. The zero-order valence-corrected chi connectivity index (χ0v) is 8.06. The Hall–Kier alpha value is -0.930. The van der Waals surface area contributed by atoms with Gasteiger partial charge in [-0.15, -0.1) is 0 Å². The first kappa shape index (κ1) is 12.1. The third-order valence-electron chi connectivity index (χ3n) is 1.88. The van der Waals surface area contributed by atoms with Crippen LogP contribution in [0, 0.1) is 5.41 Å². The molecule has 0 aromatic carbocycles. The number of ether oxygens (including phenoxy) is 1. The second-order valence-electron chi connectivity index (χ2n) is 3.17. The van der Waals surface area contributed by atoms with Crippen LogP contribution in [0.25, 0.3) is 0 Å². The highest BCUT2D eigenvalue weighted by Gasteiger charge is 2.50. The number of hydrogen-bond donors (Lipinski definition) is 0. The van der Waals surface area contributed by atoms with Gasteiger partial charge < -0.3 is 4.74 Å². The van der Waals surface area contributed by atoms with Crippen molar-refractivity contribution in [3.8, 4) is 0 Å². The largest absolute Gasteiger partial charge is 0.465 e. The lowest BCUT2D eigenvalue weighted by Gasteiger charge is -2.28. The first-order chi connectivity index (χ1) is 5.79. The minimum absolute atomic E-state index is 0.0927. The van der Waals surface area contributed by atoms with Gasteiger partial charge in [-0.25, -0.2) is 8.78 Å². The molecule has 0 aromatic heterocycles. The molecule has 0 aliphatic carbocycles. The van der Waals surface area contributed by atoms with Crippen molar-refractivity contribution >= 4 is 5.97 Å². The Morgan fingerprint density at radius 3 is 2.31 bits per heavy atom. The Morgan fingerprint density at radius 2 is 2.00 bits per heavy atom. The van der Waals surface area contributed by atoms with Crippen LogP contribution in [0.5, 0.6) is 0 Å². The average Bonchev–Trinajstić information content (AvgIpc) is 2.04. The van der Waals surface area contributed by atoms with E-state index in [1.165, 1.54) is 0 Å². The summed E-state index contributed by atoms with van der Waals surface area (Å²) in [7, 11) is 0. The van der Waals surface area contributed by atoms with Crippen LogP contribution in [0.3, 0.4) is 0 Å². The van der Waals surface area contributed by atoms with E-state index in [4.69, 9.17) is 0 Å². The molecule has 0 atom stereocenters. The van der Waals surface area contributed by atoms with Crippen molar-refractivity contribution in [2.75, 3.05) is 6.61 Å². The molecule has 76 valence electrons. The Morgan fingerprint density at radius 1 is 1.54 bits per heavy atom. The maximum Gasteiger partial charge on any atom is 0.318 e. The first-order valence-electron chi connectivity index (χ1n) is 3.98. The Bertz CT molecular complexity index is 210. The van der Waals surface area contributed by atoms with Crippen molar-refractivity contribution in [1.29, 1.82) is 0 Å². The van der Waals surface area contributed by atoms with Gasteiger partial charge in [-0.05, 0) is 26.8 Å². The van der Waals surface area contributed by atoms with Gasteiger partial charge in [0.05, 0.1) is 6.61 Å². The molecule has 0 spiro atoms. The molecule has 0 bridgehead atoms. The monoisotopic (exact) mass is 192 g/mol. The molecule has 0 amide bonds. The number of rotatable bonds is 4. The SMILES string of the molecule is C=CC(F)(F)C(C)(C)C(=O)OCC. The first-order valence-corrected chi connectivity index (χ1v) is 3.98. The van der Waals surface area contributed by atoms with E-state index in [9.17, 15) is 13.6 Å². The smallest absolute Gasteiger partial charge is 0.318 e. The summed E-state index contributed by atoms with van der Waals surface area (Å²) in [5.74, 6) is -4.17. The van der Waals surface area contributed by atoms with E-state index in [2.05, 4.69) is 11.3 Å². The van der Waals surface area contributed by atoms with Crippen LogP contribution in [0.4, 0.5) is 8.78 Å². The fourth-order valence-electron chi connectivity index (χ4n) is 0.703. The zero-order chi connectivity index (χ0) is 10.7. The number of hydrogen-bond acceptors (Lipinski definition) is 2. The Balaban J connectivity index is 4.74. The van der Waals surface area contributed by atoms with Crippen molar-refractivity contribution in [2.24, 2.45) is 5.41 Å². The number of carbonyl (C=O) groups is 1. The molecular weight excluding hydrogens is 178 g/mol. The van der Waals surface area contributed by atoms with E-state index in [1.807, 2.05) is 0 Å². The topological polar surface area (TPSA) is 26.3 Å². The number of carbonyl (C=O) groups excluding carboxylic acids is 1. The zero-order valence-electron chi connectivity index (χ0n) is 8.06. The highest BCUT2D eigenvalue weighted by atomic mass is 19.3. The standard InChI is InChI=1S/C9H14F2O2/c1-5-9(10,11)8(3,4)7(12)13-6-2/h5H,1,6H2,2-4H3. The van der Waals surface area contributed by atoms with Gasteiger partial charge in [0.2, 0.25) is 0 Å². The van der Waals surface area contributed by atoms with Gasteiger partial charge in [0.25, 0.3) is 5.92 Å². The average molecular weight is 192 g/mol. The summed E-state index contributed by atoms with van der Waals surface area (Å²) in [5, 5.41) is 0. The van der Waals surface area contributed by atoms with Crippen molar-refractivity contribution in [3.05, 3.63) is 12.7 Å². The summed E-state index contributed by atoms with van der Waals surface area (Å²) in [6, 6.07) is 0. The fourth-order valence-corrected chi connectivity index (χ4v) is 0.703. The number of esters is 1. The maximum atomic E-state index is 13.1. The fraction of sp³-hybridized carbons (Fsp3) is 0.667. The predicted octanol–water partition coefficient (Wildman–Crippen LogP) is 2.40. The predicted molar refractivity (Wildman–Crippen MR) is 45.6 cm³/mol. The minimum atomic E-state index is -3.25. The van der Waals surface area contributed by atoms with Crippen LogP contribution in [0.2, 0.25) is 0 Å². The maximum absolute atomic E-state index is 13.1. The quantitative estimate of drug-likeness (QED) is 0.505. The summed E-state index contributed by atoms with van der Waals surface area (Å²) in [5.41, 5.74) is -1.86. The minimum Gasteiger partial charge on any atom is -0.465 e. The lowest BCUT2D eigenvalue weighted by atomic mass is 9.85. The van der Waals surface area contributed by atoms with E-state index in [0.717, 1.165) is 13.8 Å².